The van der Waals surface area contributed by atoms with Crippen molar-refractivity contribution in [3.8, 4) is 0 Å². The first-order valence-electron chi connectivity index (χ1n) is 22.7. The molecule has 0 aliphatic carbocycles. The van der Waals surface area contributed by atoms with Crippen molar-refractivity contribution in [2.45, 2.75) is 93.6 Å². The van der Waals surface area contributed by atoms with Gasteiger partial charge in [0, 0.05) is 6.66 Å². The zero-order chi connectivity index (χ0) is 53.4. The summed E-state index contributed by atoms with van der Waals surface area (Å²) >= 11 is 0. The van der Waals surface area contributed by atoms with Gasteiger partial charge < -0.3 is 68.8 Å². The molecule has 0 radical (unpaired) electrons. The van der Waals surface area contributed by atoms with E-state index < -0.39 is 82.0 Å². The molecule has 0 aromatic heterocycles. The van der Waals surface area contributed by atoms with Crippen LogP contribution in [0.3, 0.4) is 0 Å². The smallest absolute Gasteiger partial charge is 0.777 e. The van der Waals surface area contributed by atoms with E-state index in [1.807, 2.05) is 152 Å². The molecular weight excluding hydrogens is 1020 g/mol. The van der Waals surface area contributed by atoms with Crippen LogP contribution in [0.15, 0.2) is 152 Å². The quantitative estimate of drug-likeness (QED) is 0.00870. The Labute approximate surface area is 450 Å². The third kappa shape index (κ3) is 21.9. The second-order valence-electron chi connectivity index (χ2n) is 16.6. The molecule has 2 amide bonds. The van der Waals surface area contributed by atoms with Crippen LogP contribution in [0.25, 0.3) is 0 Å². The number of benzene rings is 5. The Bertz CT molecular complexity index is 2410. The molecule has 0 saturated heterocycles. The van der Waals surface area contributed by atoms with Crippen molar-refractivity contribution in [1.29, 1.82) is 0 Å². The van der Waals surface area contributed by atoms with E-state index in [4.69, 9.17) is 38.8 Å². The first-order valence-corrected chi connectivity index (χ1v) is 26.4. The van der Waals surface area contributed by atoms with Gasteiger partial charge >= 0.3 is 29.6 Å². The summed E-state index contributed by atoms with van der Waals surface area (Å²) in [5.41, 5.74) is 4.05. The molecule has 0 aliphatic rings. The van der Waals surface area contributed by atoms with Gasteiger partial charge in [-0.05, 0) is 27.8 Å². The van der Waals surface area contributed by atoms with E-state index in [0.29, 0.717) is 6.41 Å². The van der Waals surface area contributed by atoms with Gasteiger partial charge in [0.1, 0.15) is 61.3 Å². The fraction of sp³-hybridized carbons (Fsp3) is 0.360. The van der Waals surface area contributed by atoms with E-state index in [1.165, 1.54) is 6.66 Å². The van der Waals surface area contributed by atoms with Gasteiger partial charge in [-0.2, -0.15) is 0 Å². The normalized spacial score (nSPS) is 17.0. The zero-order valence-electron chi connectivity index (χ0n) is 40.7. The standard InChI is InChI=1S/C43H48NO9P.C7H16NO10P.Na/c1-54(48,53-32-38-25-15-6-16-26-38)43(47)40(46)42(51-30-36-21-11-4-12-22-36)41(50-29-35-19-9-3-10-20-35)39(49-28-34-17-7-2-8-18-34)27-44(33-45)52-31-37-23-13-5-14-24-37;9-2-8(15)1-3(10)4(11)5(12)6(13)7(14)19(16,17)18;/h2-26,33,39-43,46-47H,27-32H2,1H3;2-7,10-15H,1H2,(H2,16,17,18);/q;;+1/p-1/t39-,40?,41-,42+,43?,54?;3-,4-,5-,6?,7?;/m00./s1. The van der Waals surface area contributed by atoms with E-state index in [0.717, 1.165) is 32.9 Å². The summed E-state index contributed by atoms with van der Waals surface area (Å²) in [4.78, 5) is 47.4. The predicted octanol–water partition coefficient (Wildman–Crippen LogP) is -0.717. The van der Waals surface area contributed by atoms with Crippen LogP contribution in [-0.4, -0.2) is 149 Å². The first kappa shape index (κ1) is 64.2. The maximum Gasteiger partial charge on any atom is 1.00 e. The van der Waals surface area contributed by atoms with Crippen LogP contribution in [0.5, 0.6) is 0 Å². The Hall–Kier alpha value is -4.10. The molecule has 6 unspecified atom stereocenters. The van der Waals surface area contributed by atoms with Gasteiger partial charge in [-0.15, -0.1) is 0 Å². The number of amides is 2. The summed E-state index contributed by atoms with van der Waals surface area (Å²) < 4.78 is 49.9. The minimum absolute atomic E-state index is 0. The molecule has 0 spiro atoms. The topological polar surface area (TPSA) is 326 Å². The minimum atomic E-state index is -5.38. The number of hydrogen-bond donors (Lipinski definition) is 9. The summed E-state index contributed by atoms with van der Waals surface area (Å²) in [5, 5.41) is 79.4. The van der Waals surface area contributed by atoms with Gasteiger partial charge in [-0.3, -0.25) is 24.2 Å². The van der Waals surface area contributed by atoms with Gasteiger partial charge in [0.05, 0.1) is 39.5 Å². The van der Waals surface area contributed by atoms with Gasteiger partial charge in [-0.25, -0.2) is 10.1 Å². The molecule has 0 aliphatic heterocycles. The minimum Gasteiger partial charge on any atom is -0.777 e. The van der Waals surface area contributed by atoms with E-state index >= 15 is 0 Å². The Kier molecular flexibility index (Phi) is 28.7. The van der Waals surface area contributed by atoms with Gasteiger partial charge in [-0.1, -0.05) is 152 Å². The molecule has 12 atom stereocenters. The number of carbonyl (C=O) groups is 2. The molecular formula is C50H63N2NaO19P2. The zero-order valence-corrected chi connectivity index (χ0v) is 44.5. The number of ether oxygens (including phenoxy) is 3. The molecule has 5 rings (SSSR count). The Balaban J connectivity index is 0.000000613. The number of carbonyl (C=O) groups excluding carboxylic acids is 2. The molecule has 0 saturated carbocycles. The predicted molar refractivity (Wildman–Crippen MR) is 260 cm³/mol. The molecule has 74 heavy (non-hydrogen) atoms. The van der Waals surface area contributed by atoms with Crippen molar-refractivity contribution < 1.29 is 123 Å². The molecule has 0 heterocycles. The molecule has 0 bridgehead atoms. The maximum atomic E-state index is 14.0. The van der Waals surface area contributed by atoms with Crippen LogP contribution < -0.4 is 34.5 Å². The molecule has 21 nitrogen and oxygen atoms in total. The van der Waals surface area contributed by atoms with Crippen LogP contribution in [0.1, 0.15) is 27.8 Å². The first-order chi connectivity index (χ1) is 34.8. The van der Waals surface area contributed by atoms with Gasteiger partial charge in [0.15, 0.2) is 13.4 Å². The van der Waals surface area contributed by atoms with Crippen molar-refractivity contribution in [1.82, 2.24) is 10.1 Å². The average Bonchev–Trinajstić information content (AvgIpc) is 3.41. The van der Waals surface area contributed by atoms with Crippen molar-refractivity contribution >= 4 is 27.8 Å². The van der Waals surface area contributed by atoms with E-state index in [9.17, 15) is 54.3 Å². The number of aliphatic hydroxyl groups is 7. The summed E-state index contributed by atoms with van der Waals surface area (Å²) in [6.45, 7) is 0.526. The largest absolute Gasteiger partial charge is 1.00 e. The Morgan fingerprint density at radius 3 is 1.31 bits per heavy atom. The van der Waals surface area contributed by atoms with Gasteiger partial charge in [0.2, 0.25) is 20.2 Å². The Morgan fingerprint density at radius 2 is 0.905 bits per heavy atom. The number of aliphatic hydroxyl groups excluding tert-OH is 7. The third-order valence-corrected chi connectivity index (χ3v) is 13.8. The SMILES string of the molecule is CP(=O)(OCc1ccccc1)C(O)C(O)[C@@H](OCc1ccccc1)[C@@H](OCc1ccccc1)[C@H](CN(C=O)OCc1ccccc1)OCc1ccccc1.O=CN(O)C[C@H](O)[C@H](O)[C@H](O)C(O)C(O)P(=O)([O-])O.[Na+]. The summed E-state index contributed by atoms with van der Waals surface area (Å²) in [6.07, 6.45) is -13.9. The van der Waals surface area contributed by atoms with E-state index in [1.54, 1.807) is 0 Å². The van der Waals surface area contributed by atoms with Gasteiger partial charge in [0.25, 0.3) is 0 Å². The second-order valence-corrected chi connectivity index (χ2v) is 20.9. The van der Waals surface area contributed by atoms with Crippen molar-refractivity contribution in [3.63, 3.8) is 0 Å². The second kappa shape index (κ2) is 33.1. The number of hydroxylamine groups is 4. The van der Waals surface area contributed by atoms with Crippen LogP contribution in [0, 0.1) is 0 Å². The monoisotopic (exact) mass is 1080 g/mol. The average molecular weight is 1080 g/mol. The van der Waals surface area contributed by atoms with Crippen LogP contribution in [0.4, 0.5) is 0 Å². The van der Waals surface area contributed by atoms with Crippen molar-refractivity contribution in [2.24, 2.45) is 0 Å². The molecule has 5 aromatic carbocycles. The number of rotatable bonds is 31. The fourth-order valence-corrected chi connectivity index (χ4v) is 8.69. The Morgan fingerprint density at radius 1 is 0.514 bits per heavy atom. The number of hydrogen-bond acceptors (Lipinski definition) is 18. The summed E-state index contributed by atoms with van der Waals surface area (Å²) in [7, 11) is -9.29. The fourth-order valence-electron chi connectivity index (χ4n) is 6.84. The number of nitrogens with zero attached hydrogens (tertiary/aromatic N) is 2. The third-order valence-electron chi connectivity index (χ3n) is 11.0. The summed E-state index contributed by atoms with van der Waals surface area (Å²) in [5.74, 6) is -4.66. The van der Waals surface area contributed by atoms with Crippen molar-refractivity contribution in [3.05, 3.63) is 179 Å². The van der Waals surface area contributed by atoms with E-state index in [2.05, 4.69) is 0 Å². The van der Waals surface area contributed by atoms with Crippen molar-refractivity contribution in [2.75, 3.05) is 19.8 Å². The van der Waals surface area contributed by atoms with Crippen LogP contribution in [0.2, 0.25) is 0 Å². The molecule has 9 N–H and O–H groups in total. The molecule has 5 aromatic rings. The molecule has 0 fully saturated rings. The molecule has 24 heteroatoms. The van der Waals surface area contributed by atoms with Crippen LogP contribution >= 0.6 is 15.0 Å². The van der Waals surface area contributed by atoms with Crippen LogP contribution in [-0.2, 0) is 75.3 Å². The summed E-state index contributed by atoms with van der Waals surface area (Å²) in [6, 6.07) is 46.8. The van der Waals surface area contributed by atoms with E-state index in [-0.39, 0.29) is 80.6 Å². The maximum absolute atomic E-state index is 14.0. The molecule has 398 valence electrons.